The maximum atomic E-state index is 12.6. The van der Waals surface area contributed by atoms with Crippen LogP contribution in [0.15, 0.2) is 59.5 Å². The van der Waals surface area contributed by atoms with Crippen molar-refractivity contribution in [3.8, 4) is 0 Å². The number of hydrogen-bond donors (Lipinski definition) is 2. The Labute approximate surface area is 118 Å². The van der Waals surface area contributed by atoms with Gasteiger partial charge in [0.2, 0.25) is 0 Å². The fraction of sp³-hybridized carbons (Fsp3) is 0.143. The number of nitrogens with two attached hydrogens (primary N) is 1. The molecule has 0 fully saturated rings. The van der Waals surface area contributed by atoms with Crippen molar-refractivity contribution in [2.75, 3.05) is 23.2 Å². The van der Waals surface area contributed by atoms with Crippen molar-refractivity contribution in [3.05, 3.63) is 54.6 Å². The third-order valence-electron chi connectivity index (χ3n) is 2.84. The Hall–Kier alpha value is -2.05. The number of aliphatic hydroxyl groups excluding tert-OH is 1. The lowest BCUT2D eigenvalue weighted by molar-refractivity contribution is 0.306. The Morgan fingerprint density at radius 2 is 1.60 bits per heavy atom. The first-order valence-corrected chi connectivity index (χ1v) is 7.54. The summed E-state index contributed by atoms with van der Waals surface area (Å²) in [6.45, 7) is -0.341. The molecule has 0 unspecified atom stereocenters. The molecule has 0 aliphatic heterocycles. The fourth-order valence-electron chi connectivity index (χ4n) is 1.90. The number of para-hydroxylation sites is 2. The van der Waals surface area contributed by atoms with Crippen molar-refractivity contribution in [2.45, 2.75) is 4.90 Å². The molecule has 0 spiro atoms. The van der Waals surface area contributed by atoms with Crippen LogP contribution in [0.3, 0.4) is 0 Å². The number of nitrogens with zero attached hydrogens (tertiary/aromatic N) is 1. The first-order chi connectivity index (χ1) is 9.57. The summed E-state index contributed by atoms with van der Waals surface area (Å²) in [5, 5.41) is 9.15. The van der Waals surface area contributed by atoms with Crippen LogP contribution in [0.25, 0.3) is 0 Å². The van der Waals surface area contributed by atoms with Crippen LogP contribution in [0, 0.1) is 0 Å². The summed E-state index contributed by atoms with van der Waals surface area (Å²) in [4.78, 5) is 0.164. The molecule has 2 rings (SSSR count). The van der Waals surface area contributed by atoms with E-state index in [1.807, 2.05) is 0 Å². The molecule has 0 aromatic heterocycles. The van der Waals surface area contributed by atoms with Crippen LogP contribution in [-0.4, -0.2) is 26.7 Å². The van der Waals surface area contributed by atoms with E-state index in [0.29, 0.717) is 11.4 Å². The summed E-state index contributed by atoms with van der Waals surface area (Å²) in [5.41, 5.74) is 6.55. The van der Waals surface area contributed by atoms with Gasteiger partial charge in [-0.1, -0.05) is 30.3 Å². The SMILES string of the molecule is Nc1ccccc1N(CCO)S(=O)(=O)c1ccccc1. The van der Waals surface area contributed by atoms with E-state index < -0.39 is 10.0 Å². The Morgan fingerprint density at radius 1 is 1.00 bits per heavy atom. The van der Waals surface area contributed by atoms with Crippen LogP contribution in [0.4, 0.5) is 11.4 Å². The molecule has 0 heterocycles. The van der Waals surface area contributed by atoms with Crippen LogP contribution < -0.4 is 10.0 Å². The lowest BCUT2D eigenvalue weighted by atomic mass is 10.3. The number of hydrogen-bond acceptors (Lipinski definition) is 4. The summed E-state index contributed by atoms with van der Waals surface area (Å²) in [6.07, 6.45) is 0. The second-order valence-electron chi connectivity index (χ2n) is 4.17. The highest BCUT2D eigenvalue weighted by Gasteiger charge is 2.25. The molecule has 0 bridgehead atoms. The monoisotopic (exact) mass is 292 g/mol. The highest BCUT2D eigenvalue weighted by molar-refractivity contribution is 7.92. The minimum absolute atomic E-state index is 0.0502. The lowest BCUT2D eigenvalue weighted by Crippen LogP contribution is -2.34. The lowest BCUT2D eigenvalue weighted by Gasteiger charge is -2.24. The summed E-state index contributed by atoms with van der Waals surface area (Å²) >= 11 is 0. The van der Waals surface area contributed by atoms with Crippen molar-refractivity contribution in [1.29, 1.82) is 0 Å². The minimum Gasteiger partial charge on any atom is -0.397 e. The molecule has 3 N–H and O–H groups in total. The molecular weight excluding hydrogens is 276 g/mol. The summed E-state index contributed by atoms with van der Waals surface area (Å²) in [5.74, 6) is 0. The number of sulfonamides is 1. The van der Waals surface area contributed by atoms with Crippen LogP contribution in [0.5, 0.6) is 0 Å². The van der Waals surface area contributed by atoms with Gasteiger partial charge < -0.3 is 10.8 Å². The molecule has 0 radical (unpaired) electrons. The molecule has 5 nitrogen and oxygen atoms in total. The van der Waals surface area contributed by atoms with Gasteiger partial charge in [-0.05, 0) is 24.3 Å². The fourth-order valence-corrected chi connectivity index (χ4v) is 3.40. The molecule has 2 aromatic rings. The number of benzene rings is 2. The van der Waals surface area contributed by atoms with Gasteiger partial charge in [-0.3, -0.25) is 4.31 Å². The van der Waals surface area contributed by atoms with Gasteiger partial charge in [0.25, 0.3) is 10.0 Å². The average Bonchev–Trinajstić information content (AvgIpc) is 2.46. The minimum atomic E-state index is -3.75. The smallest absolute Gasteiger partial charge is 0.264 e. The van der Waals surface area contributed by atoms with Gasteiger partial charge in [-0.2, -0.15) is 0 Å². The molecule has 6 heteroatoms. The van der Waals surface area contributed by atoms with E-state index in [9.17, 15) is 8.42 Å². The summed E-state index contributed by atoms with van der Waals surface area (Å²) < 4.78 is 26.4. The zero-order chi connectivity index (χ0) is 14.6. The van der Waals surface area contributed by atoms with E-state index in [2.05, 4.69) is 0 Å². The molecule has 0 saturated heterocycles. The van der Waals surface area contributed by atoms with Crippen molar-refractivity contribution in [2.24, 2.45) is 0 Å². The van der Waals surface area contributed by atoms with Crippen molar-refractivity contribution < 1.29 is 13.5 Å². The maximum absolute atomic E-state index is 12.6. The highest BCUT2D eigenvalue weighted by Crippen LogP contribution is 2.28. The molecule has 2 aromatic carbocycles. The first kappa shape index (κ1) is 14.4. The maximum Gasteiger partial charge on any atom is 0.264 e. The van der Waals surface area contributed by atoms with Gasteiger partial charge in [0.1, 0.15) is 0 Å². The zero-order valence-electron chi connectivity index (χ0n) is 10.8. The predicted molar refractivity (Wildman–Crippen MR) is 78.9 cm³/mol. The van der Waals surface area contributed by atoms with Crippen LogP contribution in [0.2, 0.25) is 0 Å². The van der Waals surface area contributed by atoms with Gasteiger partial charge in [-0.25, -0.2) is 8.42 Å². The quantitative estimate of drug-likeness (QED) is 0.817. The van der Waals surface area contributed by atoms with E-state index in [4.69, 9.17) is 10.8 Å². The average molecular weight is 292 g/mol. The van der Waals surface area contributed by atoms with Crippen LogP contribution in [0.1, 0.15) is 0 Å². The molecule has 0 atom stereocenters. The van der Waals surface area contributed by atoms with Crippen LogP contribution >= 0.6 is 0 Å². The third kappa shape index (κ3) is 2.76. The van der Waals surface area contributed by atoms with Gasteiger partial charge in [-0.15, -0.1) is 0 Å². The van der Waals surface area contributed by atoms with Gasteiger partial charge in [0.15, 0.2) is 0 Å². The highest BCUT2D eigenvalue weighted by atomic mass is 32.2. The molecule has 0 aliphatic carbocycles. The predicted octanol–water partition coefficient (Wildman–Crippen LogP) is 1.46. The molecule has 0 saturated carbocycles. The topological polar surface area (TPSA) is 83.6 Å². The van der Waals surface area contributed by atoms with E-state index in [1.165, 1.54) is 12.1 Å². The summed E-state index contributed by atoms with van der Waals surface area (Å²) in [6, 6.07) is 14.7. The second-order valence-corrected chi connectivity index (χ2v) is 6.03. The Bertz CT molecular complexity index is 672. The molecule has 106 valence electrons. The number of anilines is 2. The standard InChI is InChI=1S/C14H16N2O3S/c15-13-8-4-5-9-14(13)16(10-11-17)20(18,19)12-6-2-1-3-7-12/h1-9,17H,10-11,15H2. The van der Waals surface area contributed by atoms with Crippen LogP contribution in [-0.2, 0) is 10.0 Å². The Kier molecular flexibility index (Phi) is 4.26. The van der Waals surface area contributed by atoms with Crippen molar-refractivity contribution in [3.63, 3.8) is 0 Å². The Morgan fingerprint density at radius 3 is 2.20 bits per heavy atom. The van der Waals surface area contributed by atoms with Gasteiger partial charge in [0, 0.05) is 0 Å². The van der Waals surface area contributed by atoms with E-state index in [-0.39, 0.29) is 18.0 Å². The number of nitrogen functional groups attached to an aromatic ring is 1. The van der Waals surface area contributed by atoms with Gasteiger partial charge in [0.05, 0.1) is 29.4 Å². The number of aliphatic hydroxyl groups is 1. The number of rotatable bonds is 5. The van der Waals surface area contributed by atoms with Crippen molar-refractivity contribution >= 4 is 21.4 Å². The van der Waals surface area contributed by atoms with Gasteiger partial charge >= 0.3 is 0 Å². The van der Waals surface area contributed by atoms with E-state index >= 15 is 0 Å². The largest absolute Gasteiger partial charge is 0.397 e. The molecule has 0 aliphatic rings. The third-order valence-corrected chi connectivity index (χ3v) is 4.67. The van der Waals surface area contributed by atoms with E-state index in [0.717, 1.165) is 4.31 Å². The molecular formula is C14H16N2O3S. The Balaban J connectivity index is 2.52. The summed E-state index contributed by atoms with van der Waals surface area (Å²) in [7, 11) is -3.75. The normalized spacial score (nSPS) is 11.2. The second kappa shape index (κ2) is 5.94. The molecule has 0 amide bonds. The molecule has 20 heavy (non-hydrogen) atoms. The first-order valence-electron chi connectivity index (χ1n) is 6.10. The van der Waals surface area contributed by atoms with E-state index in [1.54, 1.807) is 42.5 Å². The van der Waals surface area contributed by atoms with Crippen molar-refractivity contribution in [1.82, 2.24) is 0 Å². The zero-order valence-corrected chi connectivity index (χ0v) is 11.6.